The van der Waals surface area contributed by atoms with Gasteiger partial charge in [0.1, 0.15) is 5.75 Å². The van der Waals surface area contributed by atoms with Gasteiger partial charge in [0.15, 0.2) is 17.6 Å². The van der Waals surface area contributed by atoms with Gasteiger partial charge in [-0.25, -0.2) is 4.98 Å². The summed E-state index contributed by atoms with van der Waals surface area (Å²) in [7, 11) is 3.39. The Morgan fingerprint density at radius 1 is 1.11 bits per heavy atom. The van der Waals surface area contributed by atoms with Crippen molar-refractivity contribution < 1.29 is 19.3 Å². The number of aliphatic hydroxyl groups is 1. The molecule has 6 heteroatoms. The van der Waals surface area contributed by atoms with Gasteiger partial charge in [-0.3, -0.25) is 4.90 Å². The van der Waals surface area contributed by atoms with Gasteiger partial charge in [0, 0.05) is 30.0 Å². The van der Waals surface area contributed by atoms with Crippen molar-refractivity contribution in [2.45, 2.75) is 55.3 Å². The lowest BCUT2D eigenvalue weighted by Crippen LogP contribution is -2.74. The number of pyridine rings is 1. The molecule has 6 nitrogen and oxygen atoms in total. The normalized spacial score (nSPS) is 32.1. The van der Waals surface area contributed by atoms with E-state index in [2.05, 4.69) is 17.0 Å². The molecule has 2 unspecified atom stereocenters. The molecule has 1 aromatic heterocycles. The van der Waals surface area contributed by atoms with Gasteiger partial charge >= 0.3 is 0 Å². The average molecular weight is 471 g/mol. The summed E-state index contributed by atoms with van der Waals surface area (Å²) in [5.41, 5.74) is 4.03. The first kappa shape index (κ1) is 20.4. The fraction of sp³-hybridized carbons (Fsp3) is 0.483. The molecule has 3 aliphatic carbocycles. The quantitative estimate of drug-likeness (QED) is 0.623. The van der Waals surface area contributed by atoms with E-state index in [-0.39, 0.29) is 12.1 Å². The molecule has 1 N–H and O–H groups in total. The molecule has 3 heterocycles. The minimum atomic E-state index is -0.920. The number of aromatic nitrogens is 1. The van der Waals surface area contributed by atoms with Crippen LogP contribution in [-0.4, -0.2) is 53.9 Å². The van der Waals surface area contributed by atoms with E-state index in [0.29, 0.717) is 6.42 Å². The Morgan fingerprint density at radius 2 is 2.00 bits per heavy atom. The van der Waals surface area contributed by atoms with Crippen LogP contribution >= 0.6 is 0 Å². The maximum Gasteiger partial charge on any atom is 0.166 e. The highest BCUT2D eigenvalue weighted by molar-refractivity contribution is 5.82. The fourth-order valence-electron chi connectivity index (χ4n) is 7.80. The van der Waals surface area contributed by atoms with E-state index < -0.39 is 11.0 Å². The first-order valence-electron chi connectivity index (χ1n) is 12.9. The highest BCUT2D eigenvalue weighted by Crippen LogP contribution is 2.68. The first-order chi connectivity index (χ1) is 17.1. The van der Waals surface area contributed by atoms with E-state index in [4.69, 9.17) is 19.2 Å². The number of methoxy groups -OCH3 is 2. The van der Waals surface area contributed by atoms with E-state index in [1.807, 2.05) is 24.3 Å². The number of rotatable bonds is 4. The number of hydrogen-bond acceptors (Lipinski definition) is 6. The molecule has 1 saturated carbocycles. The van der Waals surface area contributed by atoms with E-state index in [9.17, 15) is 5.11 Å². The molecule has 0 radical (unpaired) electrons. The van der Waals surface area contributed by atoms with Crippen molar-refractivity contribution in [2.24, 2.45) is 5.92 Å². The van der Waals surface area contributed by atoms with Crippen molar-refractivity contribution in [3.63, 3.8) is 0 Å². The Balaban J connectivity index is 1.38. The van der Waals surface area contributed by atoms with Crippen LogP contribution in [0.1, 0.15) is 47.8 Å². The molecule has 180 valence electrons. The van der Waals surface area contributed by atoms with Gasteiger partial charge < -0.3 is 19.3 Å². The Hall–Kier alpha value is -2.83. The van der Waals surface area contributed by atoms with Crippen LogP contribution in [0.4, 0.5) is 0 Å². The number of piperidine rings is 1. The summed E-state index contributed by atoms with van der Waals surface area (Å²) in [5.74, 6) is 3.16. The first-order valence-corrected chi connectivity index (χ1v) is 12.9. The Bertz CT molecular complexity index is 1400. The third-order valence-corrected chi connectivity index (χ3v) is 9.56. The Labute approximate surface area is 204 Å². The highest BCUT2D eigenvalue weighted by atomic mass is 16.5. The zero-order valence-corrected chi connectivity index (χ0v) is 20.2. The summed E-state index contributed by atoms with van der Waals surface area (Å²) >= 11 is 0. The molecule has 1 saturated heterocycles. The summed E-state index contributed by atoms with van der Waals surface area (Å²) in [6.07, 6.45) is 4.61. The van der Waals surface area contributed by atoms with Crippen LogP contribution in [-0.2, 0) is 18.3 Å². The van der Waals surface area contributed by atoms with Crippen molar-refractivity contribution in [2.75, 3.05) is 27.3 Å². The fourth-order valence-corrected chi connectivity index (χ4v) is 7.80. The second-order valence-electron chi connectivity index (χ2n) is 11.2. The van der Waals surface area contributed by atoms with Gasteiger partial charge in [-0.2, -0.15) is 0 Å². The summed E-state index contributed by atoms with van der Waals surface area (Å²) in [6, 6.07) is 12.5. The molecule has 2 aromatic carbocycles. The van der Waals surface area contributed by atoms with Crippen molar-refractivity contribution in [3.05, 3.63) is 58.8 Å². The number of nitrogens with zero attached hydrogens (tertiary/aromatic N) is 2. The summed E-state index contributed by atoms with van der Waals surface area (Å²) in [5, 5.41) is 13.9. The van der Waals surface area contributed by atoms with E-state index in [1.54, 1.807) is 14.2 Å². The number of likely N-dealkylation sites (tertiary alicyclic amines) is 1. The van der Waals surface area contributed by atoms with Crippen LogP contribution < -0.4 is 14.2 Å². The van der Waals surface area contributed by atoms with Gasteiger partial charge in [-0.05, 0) is 79.6 Å². The highest BCUT2D eigenvalue weighted by Gasteiger charge is 2.72. The zero-order valence-electron chi connectivity index (χ0n) is 20.2. The van der Waals surface area contributed by atoms with Gasteiger partial charge in [0.2, 0.25) is 0 Å². The smallest absolute Gasteiger partial charge is 0.166 e. The standard InChI is InChI=1S/C29H30N2O4/c1-33-20-6-7-21-18(12-20)11-19-14-29(32)23-13-17-5-8-22(34-2)26-24(17)28(29,27(35-26)25(19)30-21)9-10-31(23)15-16-3-4-16/h5-8,11-12,16,23,27,32H,3-4,9-10,13-15H2,1-2H3/t23-,27?,28+,29?/m1/s1. The van der Waals surface area contributed by atoms with E-state index in [0.717, 1.165) is 71.3 Å². The second-order valence-corrected chi connectivity index (χ2v) is 11.2. The van der Waals surface area contributed by atoms with Crippen LogP contribution in [0.5, 0.6) is 17.2 Å². The molecule has 1 spiro atoms. The van der Waals surface area contributed by atoms with Gasteiger partial charge in [-0.1, -0.05) is 6.07 Å². The van der Waals surface area contributed by atoms with Crippen LogP contribution in [0.15, 0.2) is 36.4 Å². The summed E-state index contributed by atoms with van der Waals surface area (Å²) in [4.78, 5) is 7.76. The molecule has 2 fully saturated rings. The number of ether oxygens (including phenoxy) is 3. The SMILES string of the molecule is COc1ccc2nc3c(cc2c1)CC1(O)[C@H]2Cc4ccc(OC)c5c4[C@@]1(CCN2CC1CC1)C3O5. The van der Waals surface area contributed by atoms with Crippen molar-refractivity contribution in [1.29, 1.82) is 0 Å². The van der Waals surface area contributed by atoms with Crippen LogP contribution in [0.25, 0.3) is 10.9 Å². The largest absolute Gasteiger partial charge is 0.497 e. The maximum atomic E-state index is 12.9. The number of hydrogen-bond donors (Lipinski definition) is 1. The lowest BCUT2D eigenvalue weighted by molar-refractivity contribution is -0.173. The molecular formula is C29H30N2O4. The molecule has 35 heavy (non-hydrogen) atoms. The predicted octanol–water partition coefficient (Wildman–Crippen LogP) is 3.95. The Morgan fingerprint density at radius 3 is 2.80 bits per heavy atom. The molecular weight excluding hydrogens is 440 g/mol. The molecule has 8 rings (SSSR count). The van der Waals surface area contributed by atoms with Crippen molar-refractivity contribution in [1.82, 2.24) is 9.88 Å². The molecule has 3 aromatic rings. The number of fused-ring (bicyclic) bond motifs is 3. The summed E-state index contributed by atoms with van der Waals surface area (Å²) < 4.78 is 18.1. The van der Waals surface area contributed by atoms with Crippen LogP contribution in [0.2, 0.25) is 0 Å². The molecule has 2 bridgehead atoms. The van der Waals surface area contributed by atoms with Crippen molar-refractivity contribution >= 4 is 10.9 Å². The molecule has 0 amide bonds. The Kier molecular flexibility index (Phi) is 3.89. The molecule has 2 aliphatic heterocycles. The van der Waals surface area contributed by atoms with Crippen LogP contribution in [0, 0.1) is 5.92 Å². The minimum absolute atomic E-state index is 0.0731. The van der Waals surface area contributed by atoms with Gasteiger partial charge in [0.05, 0.1) is 36.4 Å². The second kappa shape index (κ2) is 6.68. The van der Waals surface area contributed by atoms with Gasteiger partial charge in [-0.15, -0.1) is 0 Å². The molecule has 4 atom stereocenters. The van der Waals surface area contributed by atoms with E-state index >= 15 is 0 Å². The minimum Gasteiger partial charge on any atom is -0.497 e. The van der Waals surface area contributed by atoms with Crippen LogP contribution in [0.3, 0.4) is 0 Å². The third kappa shape index (κ3) is 2.44. The summed E-state index contributed by atoms with van der Waals surface area (Å²) in [6.45, 7) is 2.08. The average Bonchev–Trinajstić information content (AvgIpc) is 3.61. The van der Waals surface area contributed by atoms with Crippen molar-refractivity contribution in [3.8, 4) is 17.2 Å². The van der Waals surface area contributed by atoms with E-state index in [1.165, 1.54) is 24.0 Å². The molecule has 5 aliphatic rings. The zero-order chi connectivity index (χ0) is 23.5. The topological polar surface area (TPSA) is 64.0 Å². The monoisotopic (exact) mass is 470 g/mol. The number of benzene rings is 2. The predicted molar refractivity (Wildman–Crippen MR) is 131 cm³/mol. The lowest BCUT2D eigenvalue weighted by Gasteiger charge is -2.63. The lowest BCUT2D eigenvalue weighted by atomic mass is 9.49. The maximum absolute atomic E-state index is 12.9. The third-order valence-electron chi connectivity index (χ3n) is 9.56. The van der Waals surface area contributed by atoms with Gasteiger partial charge in [0.25, 0.3) is 0 Å².